The Hall–Kier alpha value is -1.40. The second-order valence-corrected chi connectivity index (χ2v) is 21.0. The highest BCUT2D eigenvalue weighted by atomic mass is 16.5. The molecule has 0 aliphatic carbocycles. The minimum Gasteiger partial charge on any atom is -0.466 e. The fourth-order valence-corrected chi connectivity index (χ4v) is 9.64. The fraction of sp³-hybridized carbons (Fsp3) is 0.934. The SMILES string of the molecule is CCCCCCCCCCCCCCCC/C=C/C(O)C(CO)NC(=O)CCCCCCCCCCCCCCCCCCCCCCCOC(=O)CCCCCCCCCCCCCCC. The largest absolute Gasteiger partial charge is 0.466 e. The second-order valence-electron chi connectivity index (χ2n) is 21.0. The number of aliphatic hydroxyl groups excluding tert-OH is 2. The summed E-state index contributed by atoms with van der Waals surface area (Å²) in [5.74, 6) is -0.0529. The summed E-state index contributed by atoms with van der Waals surface area (Å²) >= 11 is 0. The number of esters is 1. The molecule has 0 spiro atoms. The third-order valence-corrected chi connectivity index (χ3v) is 14.3. The van der Waals surface area contributed by atoms with E-state index >= 15 is 0 Å². The molecule has 0 saturated heterocycles. The third-order valence-electron chi connectivity index (χ3n) is 14.3. The molecule has 3 N–H and O–H groups in total. The van der Waals surface area contributed by atoms with Crippen molar-refractivity contribution in [2.24, 2.45) is 0 Å². The zero-order valence-corrected chi connectivity index (χ0v) is 45.4. The second kappa shape index (κ2) is 57.2. The number of nitrogens with one attached hydrogen (secondary N) is 1. The Morgan fingerprint density at radius 3 is 1.01 bits per heavy atom. The lowest BCUT2D eigenvalue weighted by Crippen LogP contribution is -2.45. The van der Waals surface area contributed by atoms with Crippen LogP contribution in [0.5, 0.6) is 0 Å². The van der Waals surface area contributed by atoms with Gasteiger partial charge in [-0.25, -0.2) is 0 Å². The molecule has 0 aromatic heterocycles. The molecule has 0 saturated carbocycles. The first-order chi connectivity index (χ1) is 33.0. The Morgan fingerprint density at radius 1 is 0.403 bits per heavy atom. The summed E-state index contributed by atoms with van der Waals surface area (Å²) in [4.78, 5) is 24.5. The molecule has 2 unspecified atom stereocenters. The molecule has 0 aromatic carbocycles. The Labute approximate surface area is 419 Å². The number of hydrogen-bond donors (Lipinski definition) is 3. The maximum absolute atomic E-state index is 12.5. The van der Waals surface area contributed by atoms with E-state index in [1.54, 1.807) is 6.08 Å². The molecule has 0 aliphatic heterocycles. The van der Waals surface area contributed by atoms with Gasteiger partial charge in [0.2, 0.25) is 5.91 Å². The summed E-state index contributed by atoms with van der Waals surface area (Å²) in [6.45, 7) is 4.93. The molecule has 0 rings (SSSR count). The molecule has 6 heteroatoms. The van der Waals surface area contributed by atoms with Gasteiger partial charge in [-0.2, -0.15) is 0 Å². The molecule has 398 valence electrons. The van der Waals surface area contributed by atoms with Crippen LogP contribution in [0.15, 0.2) is 12.2 Å². The Kier molecular flexibility index (Phi) is 56.0. The molecule has 0 aliphatic rings. The van der Waals surface area contributed by atoms with E-state index in [-0.39, 0.29) is 18.5 Å². The average Bonchev–Trinajstić information content (AvgIpc) is 3.33. The van der Waals surface area contributed by atoms with Crippen molar-refractivity contribution in [1.82, 2.24) is 5.32 Å². The van der Waals surface area contributed by atoms with Gasteiger partial charge in [-0.3, -0.25) is 9.59 Å². The molecular formula is C61H119NO5. The summed E-state index contributed by atoms with van der Waals surface area (Å²) in [6, 6.07) is -0.627. The van der Waals surface area contributed by atoms with Gasteiger partial charge in [-0.15, -0.1) is 0 Å². The minimum absolute atomic E-state index is 0.0135. The molecule has 1 amide bonds. The number of carbonyl (C=O) groups excluding carboxylic acids is 2. The van der Waals surface area contributed by atoms with Gasteiger partial charge >= 0.3 is 5.97 Å². The molecule has 0 radical (unpaired) electrons. The lowest BCUT2D eigenvalue weighted by molar-refractivity contribution is -0.143. The topological polar surface area (TPSA) is 95.9 Å². The summed E-state index contributed by atoms with van der Waals surface area (Å²) in [6.07, 6.45) is 68.1. The number of unbranched alkanes of at least 4 members (excludes halogenated alkanes) is 46. The van der Waals surface area contributed by atoms with Gasteiger partial charge in [-0.1, -0.05) is 309 Å². The van der Waals surface area contributed by atoms with E-state index in [1.165, 1.54) is 276 Å². The van der Waals surface area contributed by atoms with Crippen LogP contribution >= 0.6 is 0 Å². The van der Waals surface area contributed by atoms with Crippen LogP contribution in [0.25, 0.3) is 0 Å². The van der Waals surface area contributed by atoms with Crippen molar-refractivity contribution < 1.29 is 24.5 Å². The predicted molar refractivity (Wildman–Crippen MR) is 292 cm³/mol. The Bertz CT molecular complexity index is 1000. The highest BCUT2D eigenvalue weighted by Crippen LogP contribution is 2.18. The number of hydrogen-bond acceptors (Lipinski definition) is 5. The quantitative estimate of drug-likeness (QED) is 0.0321. The van der Waals surface area contributed by atoms with Crippen molar-refractivity contribution in [1.29, 1.82) is 0 Å². The van der Waals surface area contributed by atoms with E-state index in [9.17, 15) is 19.8 Å². The smallest absolute Gasteiger partial charge is 0.305 e. The number of amides is 1. The van der Waals surface area contributed by atoms with Gasteiger partial charge in [0.1, 0.15) is 0 Å². The van der Waals surface area contributed by atoms with E-state index in [2.05, 4.69) is 19.2 Å². The molecule has 0 fully saturated rings. The van der Waals surface area contributed by atoms with Crippen molar-refractivity contribution in [3.63, 3.8) is 0 Å². The van der Waals surface area contributed by atoms with Gasteiger partial charge in [0.25, 0.3) is 0 Å². The van der Waals surface area contributed by atoms with Crippen LogP contribution in [0.3, 0.4) is 0 Å². The van der Waals surface area contributed by atoms with Gasteiger partial charge in [0.05, 0.1) is 25.4 Å². The standard InChI is InChI=1S/C61H119NO5/c1-3-5-7-9-11-13-15-17-18-26-30-33-37-41-45-49-53-59(64)58(57-63)62-60(65)54-50-46-42-38-34-31-27-24-22-20-19-21-23-25-28-32-36-40-44-48-52-56-67-61(66)55-51-47-43-39-35-29-16-14-12-10-8-6-4-2/h49,53,58-59,63-64H,3-48,50-52,54-57H2,1-2H3,(H,62,65)/b53-49+. The van der Waals surface area contributed by atoms with Gasteiger partial charge in [0.15, 0.2) is 0 Å². The fourth-order valence-electron chi connectivity index (χ4n) is 9.64. The molecule has 0 bridgehead atoms. The minimum atomic E-state index is -0.844. The van der Waals surface area contributed by atoms with Crippen LogP contribution in [0.2, 0.25) is 0 Å². The number of rotatable bonds is 57. The number of allylic oxidation sites excluding steroid dienone is 1. The van der Waals surface area contributed by atoms with Crippen LogP contribution in [0.1, 0.15) is 341 Å². The zero-order chi connectivity index (χ0) is 48.6. The van der Waals surface area contributed by atoms with Crippen molar-refractivity contribution in [3.8, 4) is 0 Å². The molecule has 2 atom stereocenters. The molecule has 0 heterocycles. The average molecular weight is 947 g/mol. The highest BCUT2D eigenvalue weighted by Gasteiger charge is 2.18. The summed E-state index contributed by atoms with van der Waals surface area (Å²) in [5, 5.41) is 23.1. The lowest BCUT2D eigenvalue weighted by atomic mass is 10.0. The van der Waals surface area contributed by atoms with Crippen molar-refractivity contribution in [3.05, 3.63) is 12.2 Å². The van der Waals surface area contributed by atoms with Gasteiger partial charge in [-0.05, 0) is 32.1 Å². The number of carbonyl (C=O) groups is 2. The van der Waals surface area contributed by atoms with Crippen molar-refractivity contribution in [2.75, 3.05) is 13.2 Å². The number of aliphatic hydroxyl groups is 2. The molecular weight excluding hydrogens is 827 g/mol. The molecule has 0 aromatic rings. The van der Waals surface area contributed by atoms with Crippen LogP contribution in [-0.4, -0.2) is 47.4 Å². The van der Waals surface area contributed by atoms with Crippen LogP contribution in [0.4, 0.5) is 0 Å². The first-order valence-corrected chi connectivity index (χ1v) is 30.5. The normalized spacial score (nSPS) is 12.6. The summed E-state index contributed by atoms with van der Waals surface area (Å²) in [7, 11) is 0. The lowest BCUT2D eigenvalue weighted by Gasteiger charge is -2.20. The summed E-state index contributed by atoms with van der Waals surface area (Å²) < 4.78 is 5.48. The van der Waals surface area contributed by atoms with E-state index in [1.807, 2.05) is 6.08 Å². The maximum atomic E-state index is 12.5. The van der Waals surface area contributed by atoms with Crippen molar-refractivity contribution in [2.45, 2.75) is 353 Å². The van der Waals surface area contributed by atoms with E-state index < -0.39 is 12.1 Å². The van der Waals surface area contributed by atoms with E-state index in [0.717, 1.165) is 38.5 Å². The predicted octanol–water partition coefficient (Wildman–Crippen LogP) is 18.9. The summed E-state index contributed by atoms with van der Waals surface area (Å²) in [5.41, 5.74) is 0. The Morgan fingerprint density at radius 2 is 0.687 bits per heavy atom. The third kappa shape index (κ3) is 53.8. The first kappa shape index (κ1) is 65.6. The van der Waals surface area contributed by atoms with E-state index in [4.69, 9.17) is 4.74 Å². The van der Waals surface area contributed by atoms with Crippen LogP contribution in [0, 0.1) is 0 Å². The monoisotopic (exact) mass is 946 g/mol. The van der Waals surface area contributed by atoms with Crippen LogP contribution < -0.4 is 5.32 Å². The highest BCUT2D eigenvalue weighted by molar-refractivity contribution is 5.76. The van der Waals surface area contributed by atoms with Crippen LogP contribution in [-0.2, 0) is 14.3 Å². The number of ether oxygens (including phenoxy) is 1. The maximum Gasteiger partial charge on any atom is 0.305 e. The molecule has 67 heavy (non-hydrogen) atoms. The Balaban J connectivity index is 3.40. The zero-order valence-electron chi connectivity index (χ0n) is 45.4. The van der Waals surface area contributed by atoms with E-state index in [0.29, 0.717) is 19.4 Å². The van der Waals surface area contributed by atoms with Gasteiger partial charge < -0.3 is 20.3 Å². The first-order valence-electron chi connectivity index (χ1n) is 30.5. The molecule has 6 nitrogen and oxygen atoms in total. The van der Waals surface area contributed by atoms with Gasteiger partial charge in [0, 0.05) is 12.8 Å². The van der Waals surface area contributed by atoms with Crippen molar-refractivity contribution >= 4 is 11.9 Å².